The molecule has 2 aromatic carbocycles. The molecule has 0 unspecified atom stereocenters. The SMILES string of the molecule is C[C@H](CS(=O)(=O)c1ccc(F)c(C(=O)Cc2ccc(F)c(F)c2)c1)C(F)(F)F. The Hall–Kier alpha value is -2.36. The number of Topliss-reactive ketones (excluding diaryl/α,β-unsaturated/α-hetero) is 1. The predicted molar refractivity (Wildman–Crippen MR) is 88.1 cm³/mol. The fraction of sp³-hybridized carbons (Fsp3) is 0.278. The van der Waals surface area contributed by atoms with E-state index in [4.69, 9.17) is 0 Å². The number of ketones is 1. The molecular weight excluding hydrogens is 410 g/mol. The van der Waals surface area contributed by atoms with Crippen molar-refractivity contribution in [3.63, 3.8) is 0 Å². The van der Waals surface area contributed by atoms with Crippen LogP contribution in [0.5, 0.6) is 0 Å². The van der Waals surface area contributed by atoms with Crippen molar-refractivity contribution in [3.05, 3.63) is 65.0 Å². The second-order valence-corrected chi connectivity index (χ2v) is 8.25. The smallest absolute Gasteiger partial charge is 0.294 e. The summed E-state index contributed by atoms with van der Waals surface area (Å²) in [5, 5.41) is 0. The minimum Gasteiger partial charge on any atom is -0.294 e. The maximum Gasteiger partial charge on any atom is 0.392 e. The average Bonchev–Trinajstić information content (AvgIpc) is 2.57. The van der Waals surface area contributed by atoms with E-state index >= 15 is 0 Å². The highest BCUT2D eigenvalue weighted by Gasteiger charge is 2.39. The Kier molecular flexibility index (Phi) is 6.22. The molecule has 28 heavy (non-hydrogen) atoms. The Morgan fingerprint density at radius 1 is 0.964 bits per heavy atom. The molecule has 2 aromatic rings. The summed E-state index contributed by atoms with van der Waals surface area (Å²) in [5.41, 5.74) is -0.660. The Morgan fingerprint density at radius 2 is 1.57 bits per heavy atom. The highest BCUT2D eigenvalue weighted by atomic mass is 32.2. The van der Waals surface area contributed by atoms with Crippen LogP contribution in [0.25, 0.3) is 0 Å². The van der Waals surface area contributed by atoms with E-state index in [1.54, 1.807) is 0 Å². The van der Waals surface area contributed by atoms with Crippen molar-refractivity contribution in [1.29, 1.82) is 0 Å². The van der Waals surface area contributed by atoms with Crippen LogP contribution in [-0.4, -0.2) is 26.1 Å². The van der Waals surface area contributed by atoms with Crippen LogP contribution >= 0.6 is 0 Å². The van der Waals surface area contributed by atoms with Crippen LogP contribution in [0.3, 0.4) is 0 Å². The number of halogens is 6. The third-order valence-corrected chi connectivity index (χ3v) is 5.89. The molecule has 0 fully saturated rings. The van der Waals surface area contributed by atoms with Crippen LogP contribution in [0, 0.1) is 23.4 Å². The van der Waals surface area contributed by atoms with Crippen molar-refractivity contribution in [1.82, 2.24) is 0 Å². The summed E-state index contributed by atoms with van der Waals surface area (Å²) in [6.07, 6.45) is -5.30. The van der Waals surface area contributed by atoms with E-state index in [-0.39, 0.29) is 5.56 Å². The first kappa shape index (κ1) is 21.9. The summed E-state index contributed by atoms with van der Waals surface area (Å²) in [5.74, 6) is -7.82. The predicted octanol–water partition coefficient (Wildman–Crippen LogP) is 4.50. The molecule has 0 saturated carbocycles. The molecule has 2 rings (SSSR count). The molecule has 0 aromatic heterocycles. The van der Waals surface area contributed by atoms with Crippen molar-refractivity contribution in [3.8, 4) is 0 Å². The van der Waals surface area contributed by atoms with Crippen LogP contribution in [0.1, 0.15) is 22.8 Å². The van der Waals surface area contributed by atoms with Gasteiger partial charge in [0, 0.05) is 6.42 Å². The number of hydrogen-bond donors (Lipinski definition) is 0. The number of carbonyl (C=O) groups is 1. The fourth-order valence-electron chi connectivity index (χ4n) is 2.36. The third-order valence-electron chi connectivity index (χ3n) is 3.97. The lowest BCUT2D eigenvalue weighted by Gasteiger charge is -2.16. The van der Waals surface area contributed by atoms with Crippen LogP contribution in [0.15, 0.2) is 41.3 Å². The van der Waals surface area contributed by atoms with Gasteiger partial charge < -0.3 is 0 Å². The summed E-state index contributed by atoms with van der Waals surface area (Å²) in [4.78, 5) is 11.6. The molecule has 0 saturated heterocycles. The minimum absolute atomic E-state index is 0.0160. The molecule has 0 N–H and O–H groups in total. The van der Waals surface area contributed by atoms with Crippen LogP contribution in [0.2, 0.25) is 0 Å². The molecule has 0 bridgehead atoms. The Balaban J connectivity index is 2.31. The molecule has 0 aliphatic rings. The van der Waals surface area contributed by atoms with Gasteiger partial charge in [-0.3, -0.25) is 4.79 Å². The summed E-state index contributed by atoms with van der Waals surface area (Å²) in [7, 11) is -4.45. The molecule has 0 aliphatic carbocycles. The van der Waals surface area contributed by atoms with Gasteiger partial charge in [0.2, 0.25) is 0 Å². The Bertz CT molecular complexity index is 999. The average molecular weight is 424 g/mol. The van der Waals surface area contributed by atoms with Gasteiger partial charge in [-0.15, -0.1) is 0 Å². The molecule has 152 valence electrons. The van der Waals surface area contributed by atoms with E-state index in [9.17, 15) is 39.6 Å². The number of rotatable bonds is 6. The lowest BCUT2D eigenvalue weighted by atomic mass is 10.0. The first-order valence-corrected chi connectivity index (χ1v) is 9.52. The van der Waals surface area contributed by atoms with Crippen molar-refractivity contribution in [2.24, 2.45) is 5.92 Å². The van der Waals surface area contributed by atoms with Gasteiger partial charge in [0.05, 0.1) is 22.1 Å². The van der Waals surface area contributed by atoms with Gasteiger partial charge in [0.25, 0.3) is 0 Å². The first-order chi connectivity index (χ1) is 12.8. The molecule has 10 heteroatoms. The van der Waals surface area contributed by atoms with Gasteiger partial charge in [-0.05, 0) is 35.9 Å². The van der Waals surface area contributed by atoms with Gasteiger partial charge >= 0.3 is 6.18 Å². The normalized spacial score (nSPS) is 13.4. The number of benzene rings is 2. The van der Waals surface area contributed by atoms with Crippen molar-refractivity contribution in [2.75, 3.05) is 5.75 Å². The van der Waals surface area contributed by atoms with Crippen LogP contribution in [0.4, 0.5) is 26.3 Å². The van der Waals surface area contributed by atoms with E-state index < -0.39 is 67.8 Å². The van der Waals surface area contributed by atoms with Crippen LogP contribution in [-0.2, 0) is 16.3 Å². The zero-order valence-electron chi connectivity index (χ0n) is 14.4. The maximum atomic E-state index is 14.0. The molecular formula is C18H14F6O3S. The van der Waals surface area contributed by atoms with Gasteiger partial charge in [0.1, 0.15) is 5.82 Å². The van der Waals surface area contributed by atoms with E-state index in [1.807, 2.05) is 0 Å². The van der Waals surface area contributed by atoms with E-state index in [0.29, 0.717) is 19.1 Å². The number of carbonyl (C=O) groups excluding carboxylic acids is 1. The highest BCUT2D eigenvalue weighted by Crippen LogP contribution is 2.29. The van der Waals surface area contributed by atoms with Gasteiger partial charge in [-0.2, -0.15) is 13.2 Å². The van der Waals surface area contributed by atoms with E-state index in [0.717, 1.165) is 24.3 Å². The molecule has 0 heterocycles. The molecule has 1 atom stereocenters. The summed E-state index contributed by atoms with van der Waals surface area (Å²) >= 11 is 0. The monoisotopic (exact) mass is 424 g/mol. The second-order valence-electron chi connectivity index (χ2n) is 6.21. The zero-order valence-corrected chi connectivity index (χ0v) is 15.2. The summed E-state index contributed by atoms with van der Waals surface area (Å²) in [6.45, 7) is 0.691. The third kappa shape index (κ3) is 5.12. The lowest BCUT2D eigenvalue weighted by Crippen LogP contribution is -2.27. The topological polar surface area (TPSA) is 51.2 Å². The molecule has 3 nitrogen and oxygen atoms in total. The highest BCUT2D eigenvalue weighted by molar-refractivity contribution is 7.91. The summed E-state index contributed by atoms with van der Waals surface area (Å²) < 4.78 is 102. The summed E-state index contributed by atoms with van der Waals surface area (Å²) in [6, 6.07) is 4.67. The van der Waals surface area contributed by atoms with Crippen LogP contribution < -0.4 is 0 Å². The standard InChI is InChI=1S/C18H14F6O3S/c1-10(18(22,23)24)9-28(26,27)12-3-5-14(19)13(8-12)17(25)7-11-2-4-15(20)16(21)6-11/h2-6,8,10H,7,9H2,1H3/t10-/m1/s1. The maximum absolute atomic E-state index is 14.0. The molecule has 0 radical (unpaired) electrons. The first-order valence-electron chi connectivity index (χ1n) is 7.87. The number of alkyl halides is 3. The lowest BCUT2D eigenvalue weighted by molar-refractivity contribution is -0.163. The number of hydrogen-bond acceptors (Lipinski definition) is 3. The Labute approximate surface area is 156 Å². The fourth-order valence-corrected chi connectivity index (χ4v) is 3.97. The van der Waals surface area contributed by atoms with Crippen molar-refractivity contribution in [2.45, 2.75) is 24.4 Å². The quantitative estimate of drug-likeness (QED) is 0.390. The van der Waals surface area contributed by atoms with E-state index in [1.165, 1.54) is 0 Å². The van der Waals surface area contributed by atoms with Gasteiger partial charge in [0.15, 0.2) is 27.3 Å². The molecule has 0 spiro atoms. The zero-order chi connectivity index (χ0) is 21.3. The van der Waals surface area contributed by atoms with E-state index in [2.05, 4.69) is 0 Å². The number of sulfone groups is 1. The van der Waals surface area contributed by atoms with Crippen molar-refractivity contribution >= 4 is 15.6 Å². The van der Waals surface area contributed by atoms with Gasteiger partial charge in [-0.25, -0.2) is 21.6 Å². The Morgan fingerprint density at radius 3 is 2.14 bits per heavy atom. The molecule has 0 aliphatic heterocycles. The van der Waals surface area contributed by atoms with Crippen molar-refractivity contribution < 1.29 is 39.6 Å². The van der Waals surface area contributed by atoms with Gasteiger partial charge in [-0.1, -0.05) is 13.0 Å². The second kappa shape index (κ2) is 7.94. The minimum atomic E-state index is -4.74. The molecule has 0 amide bonds. The largest absolute Gasteiger partial charge is 0.392 e.